The molecular weight excluding hydrogens is 234 g/mol. The maximum absolute atomic E-state index is 4.36. The van der Waals surface area contributed by atoms with Gasteiger partial charge in [0.1, 0.15) is 5.82 Å². The minimum Gasteiger partial charge on any atom is -0.349 e. The topological polar surface area (TPSA) is 40.7 Å². The molecule has 1 fully saturated rings. The van der Waals surface area contributed by atoms with Crippen LogP contribution in [-0.4, -0.2) is 23.1 Å². The van der Waals surface area contributed by atoms with Gasteiger partial charge in [-0.1, -0.05) is 39.0 Å². The van der Waals surface area contributed by atoms with Crippen molar-refractivity contribution in [1.82, 2.24) is 15.3 Å². The molecule has 0 radical (unpaired) electrons. The molecule has 1 saturated carbocycles. The summed E-state index contributed by atoms with van der Waals surface area (Å²) in [5, 5.41) is 3.51. The Hall–Kier alpha value is -0.830. The highest BCUT2D eigenvalue weighted by Crippen LogP contribution is 2.34. The highest BCUT2D eigenvalue weighted by Gasteiger charge is 2.27. The quantitative estimate of drug-likeness (QED) is 0.790. The largest absolute Gasteiger partial charge is 0.349 e. The number of H-pyrrole nitrogens is 1. The molecule has 1 aromatic heterocycles. The standard InChI is InChI=1S/C16H29N3/c1-3-4-5-13-6-8-14(9-7-13)15(17-2)12-16-18-10-11-19-16/h10-11,13-15,17H,3-9,12H2,1-2H3,(H,18,19). The van der Waals surface area contributed by atoms with Crippen LogP contribution in [0.15, 0.2) is 12.4 Å². The van der Waals surface area contributed by atoms with E-state index in [4.69, 9.17) is 0 Å². The fraction of sp³-hybridized carbons (Fsp3) is 0.812. The van der Waals surface area contributed by atoms with Crippen molar-refractivity contribution in [2.75, 3.05) is 7.05 Å². The number of aromatic amines is 1. The molecule has 0 saturated heterocycles. The lowest BCUT2D eigenvalue weighted by Gasteiger charge is -2.33. The second-order valence-electron chi connectivity index (χ2n) is 6.06. The molecule has 1 atom stereocenters. The molecular formula is C16H29N3. The van der Waals surface area contributed by atoms with Gasteiger partial charge in [0.25, 0.3) is 0 Å². The van der Waals surface area contributed by atoms with Crippen LogP contribution in [-0.2, 0) is 6.42 Å². The van der Waals surface area contributed by atoms with Gasteiger partial charge in [0.2, 0.25) is 0 Å². The number of hydrogen-bond donors (Lipinski definition) is 2. The maximum Gasteiger partial charge on any atom is 0.107 e. The van der Waals surface area contributed by atoms with Gasteiger partial charge in [-0.15, -0.1) is 0 Å². The number of imidazole rings is 1. The number of nitrogens with one attached hydrogen (secondary N) is 2. The Morgan fingerprint density at radius 1 is 1.37 bits per heavy atom. The molecule has 1 unspecified atom stereocenters. The van der Waals surface area contributed by atoms with E-state index in [9.17, 15) is 0 Å². The molecule has 0 aromatic carbocycles. The lowest BCUT2D eigenvalue weighted by atomic mass is 9.76. The van der Waals surface area contributed by atoms with Crippen LogP contribution < -0.4 is 5.32 Å². The van der Waals surface area contributed by atoms with E-state index in [0.717, 1.165) is 24.1 Å². The molecule has 1 aliphatic rings. The van der Waals surface area contributed by atoms with E-state index in [0.29, 0.717) is 6.04 Å². The fourth-order valence-corrected chi connectivity index (χ4v) is 3.49. The van der Waals surface area contributed by atoms with E-state index in [1.165, 1.54) is 44.9 Å². The summed E-state index contributed by atoms with van der Waals surface area (Å²) >= 11 is 0. The maximum atomic E-state index is 4.36. The Kier molecular flexibility index (Phi) is 5.90. The smallest absolute Gasteiger partial charge is 0.107 e. The first-order valence-corrected chi connectivity index (χ1v) is 7.99. The Labute approximate surface area is 117 Å². The number of rotatable bonds is 7. The van der Waals surface area contributed by atoms with Crippen molar-refractivity contribution >= 4 is 0 Å². The first-order valence-electron chi connectivity index (χ1n) is 7.99. The molecule has 2 rings (SSSR count). The Morgan fingerprint density at radius 2 is 2.16 bits per heavy atom. The molecule has 3 nitrogen and oxygen atoms in total. The van der Waals surface area contributed by atoms with E-state index < -0.39 is 0 Å². The van der Waals surface area contributed by atoms with Crippen LogP contribution in [0.2, 0.25) is 0 Å². The first-order chi connectivity index (χ1) is 9.33. The summed E-state index contributed by atoms with van der Waals surface area (Å²) in [6.45, 7) is 2.30. The molecule has 1 heterocycles. The van der Waals surface area contributed by atoms with Crippen LogP contribution in [0.4, 0.5) is 0 Å². The molecule has 0 aliphatic heterocycles. The average Bonchev–Trinajstić information content (AvgIpc) is 2.96. The van der Waals surface area contributed by atoms with Crippen molar-refractivity contribution in [2.45, 2.75) is 64.3 Å². The molecule has 108 valence electrons. The van der Waals surface area contributed by atoms with Crippen molar-refractivity contribution in [1.29, 1.82) is 0 Å². The monoisotopic (exact) mass is 263 g/mol. The molecule has 1 aliphatic carbocycles. The average molecular weight is 263 g/mol. The van der Waals surface area contributed by atoms with Crippen LogP contribution in [0.5, 0.6) is 0 Å². The fourth-order valence-electron chi connectivity index (χ4n) is 3.49. The number of nitrogens with zero attached hydrogens (tertiary/aromatic N) is 1. The van der Waals surface area contributed by atoms with Gasteiger partial charge in [0.05, 0.1) is 0 Å². The Morgan fingerprint density at radius 3 is 2.74 bits per heavy atom. The molecule has 3 heteroatoms. The van der Waals surface area contributed by atoms with E-state index in [-0.39, 0.29) is 0 Å². The minimum absolute atomic E-state index is 0.582. The zero-order valence-corrected chi connectivity index (χ0v) is 12.5. The van der Waals surface area contributed by atoms with Crippen LogP contribution in [0.3, 0.4) is 0 Å². The molecule has 19 heavy (non-hydrogen) atoms. The van der Waals surface area contributed by atoms with E-state index >= 15 is 0 Å². The van der Waals surface area contributed by atoms with E-state index in [2.05, 4.69) is 29.3 Å². The molecule has 0 spiro atoms. The third-order valence-corrected chi connectivity index (χ3v) is 4.77. The van der Waals surface area contributed by atoms with Gasteiger partial charge in [0, 0.05) is 24.9 Å². The highest BCUT2D eigenvalue weighted by atomic mass is 14.9. The predicted octanol–water partition coefficient (Wildman–Crippen LogP) is 3.54. The second-order valence-corrected chi connectivity index (χ2v) is 6.06. The van der Waals surface area contributed by atoms with Crippen molar-refractivity contribution in [3.63, 3.8) is 0 Å². The first kappa shape index (κ1) is 14.6. The lowest BCUT2D eigenvalue weighted by molar-refractivity contribution is 0.215. The van der Waals surface area contributed by atoms with Crippen LogP contribution >= 0.6 is 0 Å². The minimum atomic E-state index is 0.582. The van der Waals surface area contributed by atoms with Gasteiger partial charge in [-0.3, -0.25) is 0 Å². The summed E-state index contributed by atoms with van der Waals surface area (Å²) < 4.78 is 0. The van der Waals surface area contributed by atoms with E-state index in [1.54, 1.807) is 0 Å². The zero-order chi connectivity index (χ0) is 13.5. The van der Waals surface area contributed by atoms with Crippen molar-refractivity contribution < 1.29 is 0 Å². The Bertz CT molecular complexity index is 326. The highest BCUT2D eigenvalue weighted by molar-refractivity contribution is 4.94. The number of likely N-dealkylation sites (N-methyl/N-ethyl adjacent to an activating group) is 1. The third kappa shape index (κ3) is 4.34. The summed E-state index contributed by atoms with van der Waals surface area (Å²) in [7, 11) is 2.09. The van der Waals surface area contributed by atoms with Crippen molar-refractivity contribution in [2.24, 2.45) is 11.8 Å². The summed E-state index contributed by atoms with van der Waals surface area (Å²) in [4.78, 5) is 7.59. The molecule has 0 amide bonds. The molecule has 0 bridgehead atoms. The second kappa shape index (κ2) is 7.68. The van der Waals surface area contributed by atoms with Crippen molar-refractivity contribution in [3.05, 3.63) is 18.2 Å². The summed E-state index contributed by atoms with van der Waals surface area (Å²) in [6.07, 6.45) is 14.7. The number of unbranched alkanes of at least 4 members (excludes halogenated alkanes) is 1. The van der Waals surface area contributed by atoms with Crippen LogP contribution in [0.25, 0.3) is 0 Å². The van der Waals surface area contributed by atoms with Gasteiger partial charge in [0.15, 0.2) is 0 Å². The predicted molar refractivity (Wildman–Crippen MR) is 80.1 cm³/mol. The summed E-state index contributed by atoms with van der Waals surface area (Å²) in [5.41, 5.74) is 0. The summed E-state index contributed by atoms with van der Waals surface area (Å²) in [5.74, 6) is 2.94. The van der Waals surface area contributed by atoms with Crippen LogP contribution in [0.1, 0.15) is 57.7 Å². The summed E-state index contributed by atoms with van der Waals surface area (Å²) in [6, 6.07) is 0.582. The lowest BCUT2D eigenvalue weighted by Crippen LogP contribution is -2.38. The van der Waals surface area contributed by atoms with Gasteiger partial charge < -0.3 is 10.3 Å². The SMILES string of the molecule is CCCCC1CCC(C(Cc2ncc[nH]2)NC)CC1. The third-order valence-electron chi connectivity index (χ3n) is 4.77. The van der Waals surface area contributed by atoms with Gasteiger partial charge in [-0.25, -0.2) is 4.98 Å². The molecule has 2 N–H and O–H groups in total. The number of hydrogen-bond acceptors (Lipinski definition) is 2. The van der Waals surface area contributed by atoms with Gasteiger partial charge in [-0.2, -0.15) is 0 Å². The number of aromatic nitrogens is 2. The van der Waals surface area contributed by atoms with Crippen molar-refractivity contribution in [3.8, 4) is 0 Å². The zero-order valence-electron chi connectivity index (χ0n) is 12.5. The molecule has 1 aromatic rings. The van der Waals surface area contributed by atoms with Gasteiger partial charge >= 0.3 is 0 Å². The van der Waals surface area contributed by atoms with Gasteiger partial charge in [-0.05, 0) is 31.7 Å². The van der Waals surface area contributed by atoms with E-state index in [1.807, 2.05) is 12.4 Å². The normalized spacial score (nSPS) is 25.4. The Balaban J connectivity index is 1.78. The van der Waals surface area contributed by atoms with Crippen LogP contribution in [0, 0.1) is 11.8 Å².